The number of oxazole rings is 1. The van der Waals surface area contributed by atoms with Crippen molar-refractivity contribution in [2.75, 3.05) is 6.61 Å². The fraction of sp³-hybridized carbons (Fsp3) is 0.452. The molecule has 1 saturated carbocycles. The average Bonchev–Trinajstić information content (AvgIpc) is 3.56. The minimum Gasteiger partial charge on any atom is -0.493 e. The fourth-order valence-corrected chi connectivity index (χ4v) is 4.69. The number of rotatable bonds is 13. The average molecular weight is 551 g/mol. The van der Waals surface area contributed by atoms with Crippen LogP contribution < -0.4 is 14.8 Å². The molecular weight excluding hydrogens is 512 g/mol. The molecule has 1 heterocycles. The smallest absolute Gasteiger partial charge is 0.407 e. The van der Waals surface area contributed by atoms with Crippen LogP contribution in [0.4, 0.5) is 4.79 Å². The molecule has 9 heteroatoms. The van der Waals surface area contributed by atoms with E-state index in [2.05, 4.69) is 10.3 Å². The summed E-state index contributed by atoms with van der Waals surface area (Å²) in [4.78, 5) is 27.7. The summed E-state index contributed by atoms with van der Waals surface area (Å²) in [6, 6.07) is 13.3. The molecule has 214 valence electrons. The number of nitrogens with zero attached hydrogens (tertiary/aromatic N) is 1. The summed E-state index contributed by atoms with van der Waals surface area (Å²) in [5.74, 6) is 1.90. The topological polar surface area (TPSA) is 120 Å². The first-order valence-corrected chi connectivity index (χ1v) is 13.9. The lowest BCUT2D eigenvalue weighted by atomic mass is 10.0. The van der Waals surface area contributed by atoms with Gasteiger partial charge in [-0.15, -0.1) is 0 Å². The number of aryl methyl sites for hydroxylation is 2. The van der Waals surface area contributed by atoms with E-state index in [1.54, 1.807) is 13.8 Å². The molecule has 0 unspecified atom stereocenters. The van der Waals surface area contributed by atoms with E-state index in [4.69, 9.17) is 23.7 Å². The Hall–Kier alpha value is -4.01. The predicted octanol–water partition coefficient (Wildman–Crippen LogP) is 6.24. The van der Waals surface area contributed by atoms with Gasteiger partial charge in [0, 0.05) is 24.9 Å². The maximum absolute atomic E-state index is 12.0. The van der Waals surface area contributed by atoms with E-state index in [-0.39, 0.29) is 19.1 Å². The van der Waals surface area contributed by atoms with Gasteiger partial charge in [0.2, 0.25) is 5.89 Å². The van der Waals surface area contributed by atoms with Gasteiger partial charge in [-0.25, -0.2) is 9.78 Å². The summed E-state index contributed by atoms with van der Waals surface area (Å²) in [5.41, 5.74) is 3.31. The zero-order chi connectivity index (χ0) is 28.5. The highest BCUT2D eigenvalue weighted by Gasteiger charge is 2.17. The molecule has 2 aromatic carbocycles. The Kier molecular flexibility index (Phi) is 10.0. The van der Waals surface area contributed by atoms with Crippen molar-refractivity contribution in [3.05, 3.63) is 65.0 Å². The number of hydrogen-bond donors (Lipinski definition) is 2. The standard InChI is InChI=1S/C31H38N2O7/c1-20(2)38-31(36)32-19-24-18-27(14-8-22(24)11-15-29(34)35)37-17-16-28-21(3)39-30(33-28)23-9-12-26(13-10-23)40-25-6-4-5-7-25/h8-10,12-14,18,20,25H,4-7,11,15-17,19H2,1-3H3,(H,32,36)(H,34,35). The van der Waals surface area contributed by atoms with Gasteiger partial charge in [-0.3, -0.25) is 4.79 Å². The number of hydrogen-bond acceptors (Lipinski definition) is 7. The second kappa shape index (κ2) is 13.9. The second-order valence-electron chi connectivity index (χ2n) is 10.3. The number of nitrogens with one attached hydrogen (secondary N) is 1. The molecule has 9 nitrogen and oxygen atoms in total. The number of benzene rings is 2. The van der Waals surface area contributed by atoms with Crippen molar-refractivity contribution in [1.82, 2.24) is 10.3 Å². The summed E-state index contributed by atoms with van der Waals surface area (Å²) in [6.45, 7) is 6.01. The quantitative estimate of drug-likeness (QED) is 0.256. The molecule has 4 rings (SSSR count). The van der Waals surface area contributed by atoms with Gasteiger partial charge >= 0.3 is 12.1 Å². The number of ether oxygens (including phenoxy) is 3. The highest BCUT2D eigenvalue weighted by Crippen LogP contribution is 2.28. The first-order valence-electron chi connectivity index (χ1n) is 13.9. The molecule has 1 aliphatic rings. The molecular formula is C31H38N2O7. The van der Waals surface area contributed by atoms with Crippen molar-refractivity contribution in [3.8, 4) is 23.0 Å². The molecule has 2 N–H and O–H groups in total. The number of aromatic nitrogens is 1. The van der Waals surface area contributed by atoms with Crippen molar-refractivity contribution in [2.45, 2.75) is 84.5 Å². The predicted molar refractivity (Wildman–Crippen MR) is 150 cm³/mol. The molecule has 0 aliphatic heterocycles. The SMILES string of the molecule is Cc1oc(-c2ccc(OC3CCCC3)cc2)nc1CCOc1ccc(CCC(=O)O)c(CNC(=O)OC(C)C)c1. The third-order valence-electron chi connectivity index (χ3n) is 6.76. The first-order chi connectivity index (χ1) is 19.3. The Morgan fingerprint density at radius 2 is 1.77 bits per heavy atom. The normalized spacial score (nSPS) is 13.4. The van der Waals surface area contributed by atoms with Crippen LogP contribution in [0.15, 0.2) is 46.9 Å². The molecule has 1 fully saturated rings. The van der Waals surface area contributed by atoms with E-state index in [0.717, 1.165) is 46.7 Å². The van der Waals surface area contributed by atoms with Gasteiger partial charge in [-0.05, 0) is 100 Å². The minimum absolute atomic E-state index is 0.00627. The Morgan fingerprint density at radius 1 is 1.05 bits per heavy atom. The van der Waals surface area contributed by atoms with Gasteiger partial charge in [0.25, 0.3) is 0 Å². The monoisotopic (exact) mass is 550 g/mol. The Labute approximate surface area is 234 Å². The molecule has 0 spiro atoms. The van der Waals surface area contributed by atoms with Crippen LogP contribution in [0.5, 0.6) is 11.5 Å². The number of carbonyl (C=O) groups excluding carboxylic acids is 1. The van der Waals surface area contributed by atoms with Crippen molar-refractivity contribution in [2.24, 2.45) is 0 Å². The fourth-order valence-electron chi connectivity index (χ4n) is 4.69. The van der Waals surface area contributed by atoms with E-state index >= 15 is 0 Å². The highest BCUT2D eigenvalue weighted by molar-refractivity contribution is 5.68. The van der Waals surface area contributed by atoms with E-state index in [1.165, 1.54) is 12.8 Å². The van der Waals surface area contributed by atoms with Crippen LogP contribution in [0.3, 0.4) is 0 Å². The lowest BCUT2D eigenvalue weighted by molar-refractivity contribution is -0.136. The molecule has 0 saturated heterocycles. The zero-order valence-electron chi connectivity index (χ0n) is 23.4. The van der Waals surface area contributed by atoms with Gasteiger partial charge < -0.3 is 29.1 Å². The minimum atomic E-state index is -0.880. The maximum Gasteiger partial charge on any atom is 0.407 e. The molecule has 1 aliphatic carbocycles. The molecule has 40 heavy (non-hydrogen) atoms. The number of carboxylic acids is 1. The van der Waals surface area contributed by atoms with Gasteiger partial charge in [0.1, 0.15) is 17.3 Å². The maximum atomic E-state index is 12.0. The van der Waals surface area contributed by atoms with Crippen LogP contribution >= 0.6 is 0 Å². The van der Waals surface area contributed by atoms with Gasteiger partial charge in [0.05, 0.1) is 24.5 Å². The number of aliphatic carboxylic acids is 1. The lowest BCUT2D eigenvalue weighted by Crippen LogP contribution is -2.26. The van der Waals surface area contributed by atoms with E-state index in [9.17, 15) is 9.59 Å². The summed E-state index contributed by atoms with van der Waals surface area (Å²) >= 11 is 0. The van der Waals surface area contributed by atoms with Crippen molar-refractivity contribution >= 4 is 12.1 Å². The highest BCUT2D eigenvalue weighted by atomic mass is 16.6. The zero-order valence-corrected chi connectivity index (χ0v) is 23.4. The van der Waals surface area contributed by atoms with Gasteiger partial charge in [-0.1, -0.05) is 6.07 Å². The number of amides is 1. The number of alkyl carbamates (subject to hydrolysis) is 1. The molecule has 0 bridgehead atoms. The third-order valence-corrected chi connectivity index (χ3v) is 6.76. The summed E-state index contributed by atoms with van der Waals surface area (Å²) in [5, 5.41) is 11.8. The van der Waals surface area contributed by atoms with Crippen LogP contribution in [-0.2, 0) is 28.9 Å². The summed E-state index contributed by atoms with van der Waals surface area (Å²) in [7, 11) is 0. The largest absolute Gasteiger partial charge is 0.493 e. The first kappa shape index (κ1) is 29.0. The van der Waals surface area contributed by atoms with Crippen LogP contribution in [0.25, 0.3) is 11.5 Å². The molecule has 1 aromatic heterocycles. The molecule has 0 radical (unpaired) electrons. The lowest BCUT2D eigenvalue weighted by Gasteiger charge is -2.14. The second-order valence-corrected chi connectivity index (χ2v) is 10.3. The summed E-state index contributed by atoms with van der Waals surface area (Å²) in [6.07, 6.45) is 5.14. The van der Waals surface area contributed by atoms with Crippen molar-refractivity contribution in [3.63, 3.8) is 0 Å². The van der Waals surface area contributed by atoms with E-state index in [0.29, 0.717) is 37.2 Å². The number of carbonyl (C=O) groups is 2. The number of carboxylic acid groups (broad SMARTS) is 1. The van der Waals surface area contributed by atoms with Crippen LogP contribution in [0, 0.1) is 6.92 Å². The van der Waals surface area contributed by atoms with Crippen LogP contribution in [-0.4, -0.2) is 41.0 Å². The van der Waals surface area contributed by atoms with Gasteiger partial charge in [-0.2, -0.15) is 0 Å². The van der Waals surface area contributed by atoms with Gasteiger partial charge in [0.15, 0.2) is 0 Å². The van der Waals surface area contributed by atoms with Crippen molar-refractivity contribution < 1.29 is 33.3 Å². The van der Waals surface area contributed by atoms with Crippen molar-refractivity contribution in [1.29, 1.82) is 0 Å². The van der Waals surface area contributed by atoms with Crippen LogP contribution in [0.1, 0.15) is 68.5 Å². The Bertz CT molecular complexity index is 1280. The van der Waals surface area contributed by atoms with E-state index in [1.807, 2.05) is 49.4 Å². The molecule has 0 atom stereocenters. The Morgan fingerprint density at radius 3 is 2.48 bits per heavy atom. The third kappa shape index (κ3) is 8.49. The summed E-state index contributed by atoms with van der Waals surface area (Å²) < 4.78 is 23.1. The molecule has 3 aromatic rings. The Balaban J connectivity index is 1.35. The van der Waals surface area contributed by atoms with Crippen LogP contribution in [0.2, 0.25) is 0 Å². The van der Waals surface area contributed by atoms with E-state index < -0.39 is 12.1 Å². The molecule has 1 amide bonds.